The van der Waals surface area contributed by atoms with E-state index in [1.165, 1.54) is 13.3 Å². The molecular weight excluding hydrogens is 284 g/mol. The minimum absolute atomic E-state index is 0.0635. The van der Waals surface area contributed by atoms with Gasteiger partial charge in [0.2, 0.25) is 15.8 Å². The summed E-state index contributed by atoms with van der Waals surface area (Å²) >= 11 is 0. The maximum absolute atomic E-state index is 11.3. The van der Waals surface area contributed by atoms with Crippen LogP contribution in [0.4, 0.5) is 5.82 Å². The van der Waals surface area contributed by atoms with E-state index < -0.39 is 21.5 Å². The van der Waals surface area contributed by atoms with Crippen molar-refractivity contribution in [1.29, 1.82) is 0 Å². The average Bonchev–Trinajstić information content (AvgIpc) is 2.33. The molecule has 1 aromatic rings. The third kappa shape index (κ3) is 5.49. The van der Waals surface area contributed by atoms with E-state index in [4.69, 9.17) is 0 Å². The van der Waals surface area contributed by atoms with Gasteiger partial charge >= 0.3 is 5.97 Å². The molecule has 20 heavy (non-hydrogen) atoms. The van der Waals surface area contributed by atoms with Crippen LogP contribution in [0.2, 0.25) is 0 Å². The highest BCUT2D eigenvalue weighted by molar-refractivity contribution is 7.88. The summed E-state index contributed by atoms with van der Waals surface area (Å²) in [5.41, 5.74) is -0.704. The van der Waals surface area contributed by atoms with Crippen LogP contribution in [-0.4, -0.2) is 49.8 Å². The molecule has 0 fully saturated rings. The first-order valence-corrected chi connectivity index (χ1v) is 7.66. The molecule has 1 aromatic heterocycles. The third-order valence-corrected chi connectivity index (χ3v) is 3.12. The van der Waals surface area contributed by atoms with Gasteiger partial charge in [-0.25, -0.2) is 27.9 Å². The number of sulfonamides is 1. The standard InChI is InChI=1S/C11H18N4O4S/c1-11(2,15-20(4,17)18)7-13-8-5-6-12-9(14-8)10(16)19-3/h5-6,15H,7H2,1-4H3,(H,12,13,14). The van der Waals surface area contributed by atoms with Crippen LogP contribution in [0.15, 0.2) is 12.3 Å². The highest BCUT2D eigenvalue weighted by Gasteiger charge is 2.22. The predicted molar refractivity (Wildman–Crippen MR) is 73.9 cm³/mol. The Hall–Kier alpha value is -1.74. The van der Waals surface area contributed by atoms with Crippen LogP contribution in [0.3, 0.4) is 0 Å². The van der Waals surface area contributed by atoms with Gasteiger partial charge in [0.1, 0.15) is 5.82 Å². The van der Waals surface area contributed by atoms with Crippen molar-refractivity contribution in [1.82, 2.24) is 14.7 Å². The molecule has 8 nitrogen and oxygen atoms in total. The lowest BCUT2D eigenvalue weighted by molar-refractivity contribution is 0.0587. The Bertz CT molecular complexity index is 586. The molecule has 0 saturated heterocycles. The van der Waals surface area contributed by atoms with E-state index in [1.807, 2.05) is 0 Å². The van der Waals surface area contributed by atoms with Gasteiger partial charge in [-0.15, -0.1) is 0 Å². The molecule has 0 saturated carbocycles. The number of hydrogen-bond acceptors (Lipinski definition) is 7. The number of methoxy groups -OCH3 is 1. The molecule has 0 bridgehead atoms. The third-order valence-electron chi connectivity index (χ3n) is 2.20. The second kappa shape index (κ2) is 6.14. The summed E-state index contributed by atoms with van der Waals surface area (Å²) in [5, 5.41) is 2.94. The Morgan fingerprint density at radius 3 is 2.65 bits per heavy atom. The van der Waals surface area contributed by atoms with Crippen LogP contribution in [0.25, 0.3) is 0 Å². The number of aromatic nitrogens is 2. The molecule has 0 amide bonds. The highest BCUT2D eigenvalue weighted by atomic mass is 32.2. The van der Waals surface area contributed by atoms with Crippen molar-refractivity contribution in [3.63, 3.8) is 0 Å². The average molecular weight is 302 g/mol. The quantitative estimate of drug-likeness (QED) is 0.712. The van der Waals surface area contributed by atoms with E-state index in [1.54, 1.807) is 19.9 Å². The van der Waals surface area contributed by atoms with E-state index in [0.717, 1.165) is 6.26 Å². The van der Waals surface area contributed by atoms with Crippen LogP contribution < -0.4 is 10.0 Å². The fourth-order valence-corrected chi connectivity index (χ4v) is 2.57. The Morgan fingerprint density at radius 1 is 1.45 bits per heavy atom. The number of hydrogen-bond donors (Lipinski definition) is 2. The smallest absolute Gasteiger partial charge is 0.376 e. The van der Waals surface area contributed by atoms with Gasteiger partial charge < -0.3 is 10.1 Å². The van der Waals surface area contributed by atoms with Crippen LogP contribution in [0, 0.1) is 0 Å². The zero-order valence-electron chi connectivity index (χ0n) is 11.8. The largest absolute Gasteiger partial charge is 0.463 e. The van der Waals surface area contributed by atoms with Gasteiger partial charge in [-0.3, -0.25) is 0 Å². The maximum atomic E-state index is 11.3. The van der Waals surface area contributed by atoms with E-state index in [0.29, 0.717) is 5.82 Å². The van der Waals surface area contributed by atoms with Gasteiger partial charge in [0.25, 0.3) is 0 Å². The monoisotopic (exact) mass is 302 g/mol. The van der Waals surface area contributed by atoms with Crippen LogP contribution in [-0.2, 0) is 14.8 Å². The van der Waals surface area contributed by atoms with Gasteiger partial charge in [-0.1, -0.05) is 0 Å². The minimum atomic E-state index is -3.31. The Kier molecular flexibility index (Phi) is 5.01. The molecule has 2 N–H and O–H groups in total. The van der Waals surface area contributed by atoms with Crippen molar-refractivity contribution in [3.05, 3.63) is 18.1 Å². The van der Waals surface area contributed by atoms with Gasteiger partial charge in [-0.2, -0.15) is 0 Å². The molecule has 9 heteroatoms. The SMILES string of the molecule is COC(=O)c1nccc(NCC(C)(C)NS(C)(=O)=O)n1. The Balaban J connectivity index is 2.73. The summed E-state index contributed by atoms with van der Waals surface area (Å²) in [6.45, 7) is 3.74. The van der Waals surface area contributed by atoms with E-state index in [9.17, 15) is 13.2 Å². The first-order chi connectivity index (χ1) is 9.13. The minimum Gasteiger partial charge on any atom is -0.463 e. The second-order valence-electron chi connectivity index (χ2n) is 4.87. The van der Waals surface area contributed by atoms with Gasteiger partial charge in [0.15, 0.2) is 0 Å². The fourth-order valence-electron chi connectivity index (χ4n) is 1.50. The maximum Gasteiger partial charge on any atom is 0.376 e. The lowest BCUT2D eigenvalue weighted by Crippen LogP contribution is -2.47. The fraction of sp³-hybridized carbons (Fsp3) is 0.545. The van der Waals surface area contributed by atoms with Crippen molar-refractivity contribution in [3.8, 4) is 0 Å². The highest BCUT2D eigenvalue weighted by Crippen LogP contribution is 2.08. The number of anilines is 1. The Labute approximate surface area is 118 Å². The lowest BCUT2D eigenvalue weighted by Gasteiger charge is -2.25. The Morgan fingerprint density at radius 2 is 2.10 bits per heavy atom. The number of carbonyl (C=O) groups excluding carboxylic acids is 1. The number of carbonyl (C=O) groups is 1. The molecule has 0 aliphatic rings. The normalized spacial score (nSPS) is 12.0. The van der Waals surface area contributed by atoms with Crippen molar-refractivity contribution >= 4 is 21.8 Å². The molecule has 0 unspecified atom stereocenters. The number of nitrogens with one attached hydrogen (secondary N) is 2. The van der Waals surface area contributed by atoms with Gasteiger partial charge in [-0.05, 0) is 19.9 Å². The first kappa shape index (κ1) is 16.3. The molecule has 0 radical (unpaired) electrons. The van der Waals surface area contributed by atoms with Crippen molar-refractivity contribution in [2.24, 2.45) is 0 Å². The molecule has 1 heterocycles. The van der Waals surface area contributed by atoms with Crippen LogP contribution in [0.1, 0.15) is 24.5 Å². The van der Waals surface area contributed by atoms with Crippen molar-refractivity contribution < 1.29 is 17.9 Å². The summed E-state index contributed by atoms with van der Waals surface area (Å²) in [6.07, 6.45) is 2.51. The van der Waals surface area contributed by atoms with Crippen LogP contribution in [0.5, 0.6) is 0 Å². The molecular formula is C11H18N4O4S. The zero-order chi connectivity index (χ0) is 15.4. The number of esters is 1. The lowest BCUT2D eigenvalue weighted by atomic mass is 10.1. The summed E-state index contributed by atoms with van der Waals surface area (Å²) in [5.74, 6) is -0.294. The summed E-state index contributed by atoms with van der Waals surface area (Å²) in [7, 11) is -2.07. The number of nitrogens with zero attached hydrogens (tertiary/aromatic N) is 2. The van der Waals surface area contributed by atoms with Gasteiger partial charge in [0.05, 0.1) is 13.4 Å². The molecule has 0 aliphatic heterocycles. The van der Waals surface area contributed by atoms with Crippen LogP contribution >= 0.6 is 0 Å². The summed E-state index contributed by atoms with van der Waals surface area (Å²) in [6, 6.07) is 1.57. The van der Waals surface area contributed by atoms with E-state index in [2.05, 4.69) is 24.7 Å². The summed E-state index contributed by atoms with van der Waals surface area (Å²) in [4.78, 5) is 19.0. The van der Waals surface area contributed by atoms with Gasteiger partial charge in [0, 0.05) is 18.3 Å². The molecule has 1 rings (SSSR count). The van der Waals surface area contributed by atoms with Crippen molar-refractivity contribution in [2.75, 3.05) is 25.2 Å². The molecule has 0 atom stereocenters. The van der Waals surface area contributed by atoms with Crippen molar-refractivity contribution in [2.45, 2.75) is 19.4 Å². The van der Waals surface area contributed by atoms with E-state index in [-0.39, 0.29) is 12.4 Å². The topological polar surface area (TPSA) is 110 Å². The predicted octanol–water partition coefficient (Wildman–Crippen LogP) is 0.00290. The zero-order valence-corrected chi connectivity index (χ0v) is 12.6. The second-order valence-corrected chi connectivity index (χ2v) is 6.62. The molecule has 112 valence electrons. The number of rotatable bonds is 6. The summed E-state index contributed by atoms with van der Waals surface area (Å²) < 4.78 is 29.4. The molecule has 0 spiro atoms. The molecule has 0 aliphatic carbocycles. The number of ether oxygens (including phenoxy) is 1. The molecule has 0 aromatic carbocycles. The van der Waals surface area contributed by atoms with E-state index >= 15 is 0 Å². The first-order valence-electron chi connectivity index (χ1n) is 5.77.